The number of hydrogen-bond donors (Lipinski definition) is 2. The van der Waals surface area contributed by atoms with Gasteiger partial charge in [0.1, 0.15) is 0 Å². The first-order valence-electron chi connectivity index (χ1n) is 4.07. The van der Waals surface area contributed by atoms with Gasteiger partial charge in [-0.25, -0.2) is 0 Å². The van der Waals surface area contributed by atoms with Gasteiger partial charge in [-0.3, -0.25) is 9.59 Å². The SMILES string of the molecule is CC[C@H](C)C(N)C(=O)C(=O)CN. The highest BCUT2D eigenvalue weighted by molar-refractivity contribution is 6.39. The number of nitrogens with two attached hydrogens (primary N) is 2. The van der Waals surface area contributed by atoms with Crippen LogP contribution in [0.1, 0.15) is 20.3 Å². The van der Waals surface area contributed by atoms with Gasteiger partial charge >= 0.3 is 0 Å². The molecule has 70 valence electrons. The van der Waals surface area contributed by atoms with E-state index in [9.17, 15) is 9.59 Å². The molecule has 2 atom stereocenters. The van der Waals surface area contributed by atoms with Crippen molar-refractivity contribution in [2.75, 3.05) is 6.54 Å². The van der Waals surface area contributed by atoms with E-state index in [0.717, 1.165) is 6.42 Å². The normalized spacial score (nSPS) is 15.3. The maximum absolute atomic E-state index is 11.1. The molecule has 0 aromatic rings. The van der Waals surface area contributed by atoms with Crippen LogP contribution < -0.4 is 11.5 Å². The van der Waals surface area contributed by atoms with Crippen LogP contribution in [0.25, 0.3) is 0 Å². The number of Topliss-reactive ketones (excluding diaryl/α,β-unsaturated/α-hetero) is 2. The first-order chi connectivity index (χ1) is 5.54. The van der Waals surface area contributed by atoms with Crippen molar-refractivity contribution in [2.45, 2.75) is 26.3 Å². The zero-order chi connectivity index (χ0) is 9.72. The van der Waals surface area contributed by atoms with E-state index in [2.05, 4.69) is 0 Å². The van der Waals surface area contributed by atoms with Gasteiger partial charge in [-0.2, -0.15) is 0 Å². The van der Waals surface area contributed by atoms with Gasteiger partial charge in [-0.15, -0.1) is 0 Å². The van der Waals surface area contributed by atoms with E-state index in [-0.39, 0.29) is 12.5 Å². The first-order valence-corrected chi connectivity index (χ1v) is 4.07. The van der Waals surface area contributed by atoms with E-state index in [1.807, 2.05) is 13.8 Å². The van der Waals surface area contributed by atoms with E-state index >= 15 is 0 Å². The second-order valence-electron chi connectivity index (χ2n) is 2.90. The molecule has 0 aromatic heterocycles. The third kappa shape index (κ3) is 2.71. The number of carbonyl (C=O) groups is 2. The maximum Gasteiger partial charge on any atom is 0.216 e. The molecular formula is C8H16N2O2. The molecule has 4 N–H and O–H groups in total. The molecule has 0 aliphatic heterocycles. The summed E-state index contributed by atoms with van der Waals surface area (Å²) >= 11 is 0. The summed E-state index contributed by atoms with van der Waals surface area (Å²) < 4.78 is 0. The Morgan fingerprint density at radius 2 is 1.92 bits per heavy atom. The molecule has 4 nitrogen and oxygen atoms in total. The van der Waals surface area contributed by atoms with E-state index in [1.165, 1.54) is 0 Å². The lowest BCUT2D eigenvalue weighted by molar-refractivity contribution is -0.137. The molecule has 0 saturated heterocycles. The van der Waals surface area contributed by atoms with Gasteiger partial charge in [0.2, 0.25) is 11.6 Å². The Balaban J connectivity index is 4.19. The molecule has 0 heterocycles. The van der Waals surface area contributed by atoms with Gasteiger partial charge in [0.15, 0.2) is 0 Å². The molecule has 4 heteroatoms. The molecule has 0 radical (unpaired) electrons. The number of rotatable bonds is 5. The highest BCUT2D eigenvalue weighted by atomic mass is 16.2. The summed E-state index contributed by atoms with van der Waals surface area (Å²) in [6.07, 6.45) is 0.782. The summed E-state index contributed by atoms with van der Waals surface area (Å²) in [5.41, 5.74) is 10.5. The van der Waals surface area contributed by atoms with Gasteiger partial charge in [0, 0.05) is 0 Å². The van der Waals surface area contributed by atoms with Crippen molar-refractivity contribution in [3.8, 4) is 0 Å². The Kier molecular flexibility index (Phi) is 4.70. The lowest BCUT2D eigenvalue weighted by Gasteiger charge is -2.15. The molecule has 1 unspecified atom stereocenters. The number of carbonyl (C=O) groups excluding carboxylic acids is 2. The summed E-state index contributed by atoms with van der Waals surface area (Å²) in [6, 6.07) is -0.689. The summed E-state index contributed by atoms with van der Waals surface area (Å²) in [4.78, 5) is 21.9. The summed E-state index contributed by atoms with van der Waals surface area (Å²) in [5.74, 6) is -1.09. The van der Waals surface area contributed by atoms with Gasteiger partial charge in [-0.05, 0) is 5.92 Å². The molecule has 0 aliphatic carbocycles. The zero-order valence-electron chi connectivity index (χ0n) is 7.54. The maximum atomic E-state index is 11.1. The molecule has 0 fully saturated rings. The van der Waals surface area contributed by atoms with E-state index in [0.29, 0.717) is 0 Å². The number of ketones is 2. The highest BCUT2D eigenvalue weighted by Gasteiger charge is 2.24. The van der Waals surface area contributed by atoms with Crippen LogP contribution in [0.3, 0.4) is 0 Å². The van der Waals surface area contributed by atoms with Crippen molar-refractivity contribution in [3.63, 3.8) is 0 Å². The van der Waals surface area contributed by atoms with Crippen molar-refractivity contribution >= 4 is 11.6 Å². The van der Waals surface area contributed by atoms with Crippen molar-refractivity contribution in [1.29, 1.82) is 0 Å². The fourth-order valence-corrected chi connectivity index (χ4v) is 0.799. The molecule has 0 aromatic carbocycles. The van der Waals surface area contributed by atoms with Crippen molar-refractivity contribution in [1.82, 2.24) is 0 Å². The summed E-state index contributed by atoms with van der Waals surface area (Å²) in [5, 5.41) is 0. The van der Waals surface area contributed by atoms with E-state index in [1.54, 1.807) is 0 Å². The molecular weight excluding hydrogens is 156 g/mol. The first kappa shape index (κ1) is 11.3. The monoisotopic (exact) mass is 172 g/mol. The quantitative estimate of drug-likeness (QED) is 0.545. The van der Waals surface area contributed by atoms with Crippen LogP contribution >= 0.6 is 0 Å². The minimum atomic E-state index is -0.689. The molecule has 0 bridgehead atoms. The lowest BCUT2D eigenvalue weighted by atomic mass is 9.94. The third-order valence-corrected chi connectivity index (χ3v) is 2.02. The van der Waals surface area contributed by atoms with E-state index in [4.69, 9.17) is 11.5 Å². The van der Waals surface area contributed by atoms with Gasteiger partial charge in [0.05, 0.1) is 12.6 Å². The average Bonchev–Trinajstić information content (AvgIpc) is 2.12. The second kappa shape index (κ2) is 5.00. The predicted molar refractivity (Wildman–Crippen MR) is 46.5 cm³/mol. The van der Waals surface area contributed by atoms with Crippen LogP contribution in [-0.4, -0.2) is 24.2 Å². The van der Waals surface area contributed by atoms with Gasteiger partial charge < -0.3 is 11.5 Å². The fraction of sp³-hybridized carbons (Fsp3) is 0.750. The molecule has 0 spiro atoms. The Hall–Kier alpha value is -0.740. The minimum Gasteiger partial charge on any atom is -0.324 e. The Labute approximate surface area is 72.3 Å². The van der Waals surface area contributed by atoms with E-state index < -0.39 is 17.6 Å². The van der Waals surface area contributed by atoms with Crippen molar-refractivity contribution in [3.05, 3.63) is 0 Å². The van der Waals surface area contributed by atoms with Gasteiger partial charge in [0.25, 0.3) is 0 Å². The van der Waals surface area contributed by atoms with Crippen LogP contribution in [0.4, 0.5) is 0 Å². The van der Waals surface area contributed by atoms with Crippen LogP contribution in [0.2, 0.25) is 0 Å². The smallest absolute Gasteiger partial charge is 0.216 e. The standard InChI is InChI=1S/C8H16N2O2/c1-3-5(2)7(10)8(12)6(11)4-9/h5,7H,3-4,9-10H2,1-2H3/t5-,7?/m0/s1. The van der Waals surface area contributed by atoms with Gasteiger partial charge in [-0.1, -0.05) is 20.3 Å². The van der Waals surface area contributed by atoms with Crippen LogP contribution in [0.15, 0.2) is 0 Å². The zero-order valence-corrected chi connectivity index (χ0v) is 7.54. The largest absolute Gasteiger partial charge is 0.324 e. The van der Waals surface area contributed by atoms with Crippen molar-refractivity contribution < 1.29 is 9.59 Å². The summed E-state index contributed by atoms with van der Waals surface area (Å²) in [7, 11) is 0. The van der Waals surface area contributed by atoms with Crippen LogP contribution in [-0.2, 0) is 9.59 Å². The predicted octanol–water partition coefficient (Wildman–Crippen LogP) is -0.543. The third-order valence-electron chi connectivity index (χ3n) is 2.02. The Morgan fingerprint density at radius 1 is 1.42 bits per heavy atom. The molecule has 0 rings (SSSR count). The Bertz CT molecular complexity index is 180. The number of hydrogen-bond acceptors (Lipinski definition) is 4. The fourth-order valence-electron chi connectivity index (χ4n) is 0.799. The Morgan fingerprint density at radius 3 is 2.25 bits per heavy atom. The van der Waals surface area contributed by atoms with Crippen molar-refractivity contribution in [2.24, 2.45) is 17.4 Å². The summed E-state index contributed by atoms with van der Waals surface area (Å²) in [6.45, 7) is 3.51. The minimum absolute atomic E-state index is 0.0352. The average molecular weight is 172 g/mol. The second-order valence-corrected chi connectivity index (χ2v) is 2.90. The van der Waals surface area contributed by atoms with Crippen LogP contribution in [0, 0.1) is 5.92 Å². The molecule has 0 amide bonds. The van der Waals surface area contributed by atoms with Crippen LogP contribution in [0.5, 0.6) is 0 Å². The lowest BCUT2D eigenvalue weighted by Crippen LogP contribution is -2.43. The topological polar surface area (TPSA) is 86.2 Å². The molecule has 0 aliphatic rings. The molecule has 0 saturated carbocycles. The highest BCUT2D eigenvalue weighted by Crippen LogP contribution is 2.06. The molecule has 12 heavy (non-hydrogen) atoms.